The molecule has 0 bridgehead atoms. The lowest BCUT2D eigenvalue weighted by molar-refractivity contribution is -0.139. The molecule has 9 nitrogen and oxygen atoms in total. The van der Waals surface area contributed by atoms with Gasteiger partial charge in [-0.15, -0.1) is 0 Å². The molecule has 1 saturated heterocycles. The van der Waals surface area contributed by atoms with Gasteiger partial charge in [-0.25, -0.2) is 0 Å². The standard InChI is InChI=1S/C23H32N2O7/c1-17-15-18(32-14-5-2-4-12-31-13-6-3-11-26)7-8-19(17)23(30)25(16-27)20-9-10-21(28)24-22(20)29/h7-8,15-16,20,26H,2-6,9-14H2,1H3,(H,24,28,29). The number of ether oxygens (including phenoxy) is 2. The number of imide groups is 2. The fourth-order valence-corrected chi connectivity index (χ4v) is 3.41. The van der Waals surface area contributed by atoms with Crippen LogP contribution in [0.15, 0.2) is 18.2 Å². The second kappa shape index (κ2) is 13.6. The number of hydrogen-bond acceptors (Lipinski definition) is 7. The minimum atomic E-state index is -0.994. The Kier molecular flexibility index (Phi) is 10.8. The summed E-state index contributed by atoms with van der Waals surface area (Å²) >= 11 is 0. The normalized spacial score (nSPS) is 15.9. The highest BCUT2D eigenvalue weighted by Gasteiger charge is 2.35. The van der Waals surface area contributed by atoms with E-state index in [0.717, 1.165) is 37.0 Å². The lowest BCUT2D eigenvalue weighted by atomic mass is 10.0. The van der Waals surface area contributed by atoms with E-state index in [4.69, 9.17) is 14.6 Å². The van der Waals surface area contributed by atoms with Gasteiger partial charge in [0, 0.05) is 31.8 Å². The van der Waals surface area contributed by atoms with Crippen molar-refractivity contribution >= 4 is 24.1 Å². The zero-order valence-corrected chi connectivity index (χ0v) is 18.5. The molecule has 0 aromatic heterocycles. The van der Waals surface area contributed by atoms with Crippen LogP contribution in [0.4, 0.5) is 0 Å². The number of unbranched alkanes of at least 4 members (excludes halogenated alkanes) is 3. The zero-order chi connectivity index (χ0) is 23.3. The molecule has 1 fully saturated rings. The fourth-order valence-electron chi connectivity index (χ4n) is 3.41. The van der Waals surface area contributed by atoms with Crippen LogP contribution in [0.2, 0.25) is 0 Å². The molecule has 1 unspecified atom stereocenters. The summed E-state index contributed by atoms with van der Waals surface area (Å²) in [5, 5.41) is 10.9. The Bertz CT molecular complexity index is 797. The number of carbonyl (C=O) groups excluding carboxylic acids is 4. The first-order valence-corrected chi connectivity index (χ1v) is 11.0. The highest BCUT2D eigenvalue weighted by molar-refractivity contribution is 6.07. The molecular weight excluding hydrogens is 416 g/mol. The Morgan fingerprint density at radius 2 is 1.88 bits per heavy atom. The predicted molar refractivity (Wildman–Crippen MR) is 116 cm³/mol. The van der Waals surface area contributed by atoms with Gasteiger partial charge >= 0.3 is 0 Å². The van der Waals surface area contributed by atoms with Crippen LogP contribution in [-0.2, 0) is 19.1 Å². The Morgan fingerprint density at radius 3 is 2.53 bits per heavy atom. The summed E-state index contributed by atoms with van der Waals surface area (Å²) in [6, 6.07) is 3.98. The molecule has 0 saturated carbocycles. The van der Waals surface area contributed by atoms with Crippen molar-refractivity contribution in [2.45, 2.75) is 57.9 Å². The van der Waals surface area contributed by atoms with Crippen molar-refractivity contribution in [2.24, 2.45) is 0 Å². The predicted octanol–water partition coefficient (Wildman–Crippen LogP) is 1.74. The summed E-state index contributed by atoms with van der Waals surface area (Å²) < 4.78 is 11.2. The van der Waals surface area contributed by atoms with Crippen LogP contribution < -0.4 is 10.1 Å². The van der Waals surface area contributed by atoms with E-state index < -0.39 is 23.8 Å². The van der Waals surface area contributed by atoms with Crippen molar-refractivity contribution in [2.75, 3.05) is 26.4 Å². The third-order valence-electron chi connectivity index (χ3n) is 5.22. The van der Waals surface area contributed by atoms with Gasteiger partial charge in [-0.05, 0) is 69.2 Å². The average molecular weight is 449 g/mol. The number of benzene rings is 1. The number of aryl methyl sites for hydroxylation is 1. The maximum absolute atomic E-state index is 12.8. The highest BCUT2D eigenvalue weighted by Crippen LogP contribution is 2.21. The fraction of sp³-hybridized carbons (Fsp3) is 0.565. The van der Waals surface area contributed by atoms with Crippen molar-refractivity contribution < 1.29 is 33.8 Å². The Morgan fingerprint density at radius 1 is 1.16 bits per heavy atom. The molecule has 1 atom stereocenters. The number of carbonyl (C=O) groups is 4. The lowest BCUT2D eigenvalue weighted by Crippen LogP contribution is -2.53. The number of piperidine rings is 1. The topological polar surface area (TPSA) is 122 Å². The Labute approximate surface area is 188 Å². The smallest absolute Gasteiger partial charge is 0.261 e. The van der Waals surface area contributed by atoms with Crippen LogP contribution in [0.5, 0.6) is 5.75 Å². The van der Waals surface area contributed by atoms with Crippen LogP contribution in [0.25, 0.3) is 0 Å². The van der Waals surface area contributed by atoms with Crippen molar-refractivity contribution in [3.63, 3.8) is 0 Å². The third-order valence-corrected chi connectivity index (χ3v) is 5.22. The summed E-state index contributed by atoms with van der Waals surface area (Å²) in [7, 11) is 0. The molecule has 2 rings (SSSR count). The van der Waals surface area contributed by atoms with E-state index >= 15 is 0 Å². The van der Waals surface area contributed by atoms with Gasteiger partial charge in [0.1, 0.15) is 11.8 Å². The van der Waals surface area contributed by atoms with Crippen LogP contribution in [-0.4, -0.2) is 66.6 Å². The maximum atomic E-state index is 12.8. The molecule has 176 valence electrons. The van der Waals surface area contributed by atoms with E-state index in [0.29, 0.717) is 43.1 Å². The minimum Gasteiger partial charge on any atom is -0.494 e. The van der Waals surface area contributed by atoms with E-state index in [9.17, 15) is 19.2 Å². The maximum Gasteiger partial charge on any atom is 0.261 e. The number of aliphatic hydroxyl groups excluding tert-OH is 1. The lowest BCUT2D eigenvalue weighted by Gasteiger charge is -2.28. The molecule has 1 aliphatic rings. The third kappa shape index (κ3) is 7.72. The molecular formula is C23H32N2O7. The van der Waals surface area contributed by atoms with E-state index in [1.807, 2.05) is 0 Å². The van der Waals surface area contributed by atoms with Gasteiger partial charge < -0.3 is 14.6 Å². The molecule has 0 spiro atoms. The van der Waals surface area contributed by atoms with Gasteiger partial charge in [0.05, 0.1) is 6.61 Å². The molecule has 0 radical (unpaired) electrons. The number of nitrogens with one attached hydrogen (secondary N) is 1. The van der Waals surface area contributed by atoms with Crippen LogP contribution in [0.1, 0.15) is 60.9 Å². The average Bonchev–Trinajstić information content (AvgIpc) is 2.77. The molecule has 32 heavy (non-hydrogen) atoms. The first-order chi connectivity index (χ1) is 15.5. The Balaban J connectivity index is 1.79. The second-order valence-electron chi connectivity index (χ2n) is 7.71. The molecule has 1 heterocycles. The van der Waals surface area contributed by atoms with E-state index in [2.05, 4.69) is 5.32 Å². The second-order valence-corrected chi connectivity index (χ2v) is 7.71. The van der Waals surface area contributed by atoms with Crippen molar-refractivity contribution in [3.8, 4) is 5.75 Å². The van der Waals surface area contributed by atoms with E-state index in [-0.39, 0.29) is 19.4 Å². The summed E-state index contributed by atoms with van der Waals surface area (Å²) in [6.45, 7) is 3.84. The summed E-state index contributed by atoms with van der Waals surface area (Å²) in [5.74, 6) is -1.02. The van der Waals surface area contributed by atoms with Gasteiger partial charge in [-0.3, -0.25) is 29.4 Å². The van der Waals surface area contributed by atoms with Crippen LogP contribution in [0.3, 0.4) is 0 Å². The number of nitrogens with zero attached hydrogens (tertiary/aromatic N) is 1. The minimum absolute atomic E-state index is 0.0790. The van der Waals surface area contributed by atoms with Gasteiger partial charge in [-0.2, -0.15) is 0 Å². The molecule has 4 amide bonds. The quantitative estimate of drug-likeness (QED) is 0.252. The van der Waals surface area contributed by atoms with Gasteiger partial charge in [0.25, 0.3) is 5.91 Å². The molecule has 2 N–H and O–H groups in total. The van der Waals surface area contributed by atoms with Crippen molar-refractivity contribution in [1.82, 2.24) is 10.2 Å². The van der Waals surface area contributed by atoms with Gasteiger partial charge in [0.15, 0.2) is 0 Å². The van der Waals surface area contributed by atoms with Crippen molar-refractivity contribution in [3.05, 3.63) is 29.3 Å². The monoisotopic (exact) mass is 448 g/mol. The number of hydrogen-bond donors (Lipinski definition) is 2. The molecule has 1 aromatic rings. The zero-order valence-electron chi connectivity index (χ0n) is 18.5. The highest BCUT2D eigenvalue weighted by atomic mass is 16.5. The van der Waals surface area contributed by atoms with Crippen molar-refractivity contribution in [1.29, 1.82) is 0 Å². The van der Waals surface area contributed by atoms with Gasteiger partial charge in [-0.1, -0.05) is 0 Å². The van der Waals surface area contributed by atoms with E-state index in [1.165, 1.54) is 0 Å². The number of amides is 4. The molecule has 9 heteroatoms. The van der Waals surface area contributed by atoms with Crippen LogP contribution >= 0.6 is 0 Å². The SMILES string of the molecule is Cc1cc(OCCCCCOCCCCO)ccc1C(=O)N(C=O)C1CCC(=O)NC1=O. The molecule has 0 aliphatic carbocycles. The largest absolute Gasteiger partial charge is 0.494 e. The summed E-state index contributed by atoms with van der Waals surface area (Å²) in [6.07, 6.45) is 4.94. The summed E-state index contributed by atoms with van der Waals surface area (Å²) in [5.41, 5.74) is 0.926. The van der Waals surface area contributed by atoms with E-state index in [1.54, 1.807) is 25.1 Å². The molecule has 1 aromatic carbocycles. The number of aliphatic hydroxyl groups is 1. The van der Waals surface area contributed by atoms with Gasteiger partial charge in [0.2, 0.25) is 18.2 Å². The molecule has 1 aliphatic heterocycles. The first-order valence-electron chi connectivity index (χ1n) is 11.0. The van der Waals surface area contributed by atoms with Crippen LogP contribution in [0, 0.1) is 6.92 Å². The number of rotatable bonds is 14. The summed E-state index contributed by atoms with van der Waals surface area (Å²) in [4.78, 5) is 48.6. The Hall–Kier alpha value is -2.78. The first kappa shape index (κ1) is 25.5.